The molecule has 0 aromatic rings. The Labute approximate surface area is 430 Å². The maximum Gasteiger partial charge on any atom is 0.306 e. The van der Waals surface area contributed by atoms with Crippen LogP contribution in [0.3, 0.4) is 0 Å². The minimum atomic E-state index is -0.825. The normalized spacial score (nSPS) is 13.1. The first-order valence-electron chi connectivity index (χ1n) is 28.2. The number of hydrogen-bond donors (Lipinski definition) is 0. The van der Waals surface area contributed by atoms with E-state index in [1.165, 1.54) is 51.4 Å². The highest BCUT2D eigenvalue weighted by molar-refractivity contribution is 5.71. The number of allylic oxidation sites excluding steroid dienone is 22. The molecular formula is C64H102O6. The molecule has 0 spiro atoms. The van der Waals surface area contributed by atoms with Crippen molar-refractivity contribution < 1.29 is 28.6 Å². The van der Waals surface area contributed by atoms with Crippen LogP contribution >= 0.6 is 0 Å². The fourth-order valence-corrected chi connectivity index (χ4v) is 7.22. The summed E-state index contributed by atoms with van der Waals surface area (Å²) in [5, 5.41) is 0. The van der Waals surface area contributed by atoms with Crippen molar-refractivity contribution in [2.24, 2.45) is 0 Å². The lowest BCUT2D eigenvalue weighted by molar-refractivity contribution is -0.166. The molecule has 0 amide bonds. The van der Waals surface area contributed by atoms with Crippen molar-refractivity contribution in [3.8, 4) is 0 Å². The second kappa shape index (κ2) is 57.1. The molecular weight excluding hydrogens is 865 g/mol. The summed E-state index contributed by atoms with van der Waals surface area (Å²) in [7, 11) is 0. The van der Waals surface area contributed by atoms with Crippen molar-refractivity contribution in [1.82, 2.24) is 0 Å². The number of unbranched alkanes of at least 4 members (excludes halogenated alkanes) is 16. The lowest BCUT2D eigenvalue weighted by Gasteiger charge is -2.18. The van der Waals surface area contributed by atoms with Crippen LogP contribution in [0.4, 0.5) is 0 Å². The van der Waals surface area contributed by atoms with Gasteiger partial charge < -0.3 is 14.2 Å². The predicted octanol–water partition coefficient (Wildman–Crippen LogP) is 19.0. The van der Waals surface area contributed by atoms with Gasteiger partial charge in [0.05, 0.1) is 0 Å². The molecule has 0 aromatic carbocycles. The highest BCUT2D eigenvalue weighted by Crippen LogP contribution is 2.13. The molecule has 0 fully saturated rings. The topological polar surface area (TPSA) is 78.9 Å². The summed E-state index contributed by atoms with van der Waals surface area (Å²) >= 11 is 0. The molecule has 0 aliphatic rings. The Hall–Kier alpha value is -4.45. The first-order valence-corrected chi connectivity index (χ1v) is 28.2. The molecule has 0 bridgehead atoms. The van der Waals surface area contributed by atoms with Crippen molar-refractivity contribution in [1.29, 1.82) is 0 Å². The third kappa shape index (κ3) is 54.5. The summed E-state index contributed by atoms with van der Waals surface area (Å²) < 4.78 is 16.8. The van der Waals surface area contributed by atoms with Crippen LogP contribution in [0.2, 0.25) is 0 Å². The van der Waals surface area contributed by atoms with Crippen molar-refractivity contribution in [3.05, 3.63) is 134 Å². The van der Waals surface area contributed by atoms with Gasteiger partial charge in [0.15, 0.2) is 6.10 Å². The molecule has 0 N–H and O–H groups in total. The molecule has 0 rings (SSSR count). The molecule has 0 heterocycles. The van der Waals surface area contributed by atoms with E-state index < -0.39 is 6.10 Å². The second-order valence-electron chi connectivity index (χ2n) is 18.1. The zero-order chi connectivity index (χ0) is 50.7. The molecule has 0 aromatic heterocycles. The highest BCUT2D eigenvalue weighted by Gasteiger charge is 2.19. The third-order valence-electron chi connectivity index (χ3n) is 11.4. The minimum Gasteiger partial charge on any atom is -0.462 e. The van der Waals surface area contributed by atoms with Crippen LogP contribution in [-0.4, -0.2) is 37.2 Å². The summed E-state index contributed by atoms with van der Waals surface area (Å²) in [5.41, 5.74) is 0. The van der Waals surface area contributed by atoms with E-state index in [0.717, 1.165) is 135 Å². The molecule has 394 valence electrons. The van der Waals surface area contributed by atoms with E-state index in [4.69, 9.17) is 14.2 Å². The first kappa shape index (κ1) is 65.5. The minimum absolute atomic E-state index is 0.117. The molecule has 0 saturated heterocycles. The van der Waals surface area contributed by atoms with Crippen molar-refractivity contribution in [2.75, 3.05) is 13.2 Å². The average Bonchev–Trinajstić information content (AvgIpc) is 3.36. The van der Waals surface area contributed by atoms with Crippen LogP contribution in [0, 0.1) is 0 Å². The second-order valence-corrected chi connectivity index (χ2v) is 18.1. The van der Waals surface area contributed by atoms with Gasteiger partial charge in [0.2, 0.25) is 0 Å². The zero-order valence-electron chi connectivity index (χ0n) is 45.0. The Morgan fingerprint density at radius 3 is 0.957 bits per heavy atom. The van der Waals surface area contributed by atoms with Crippen molar-refractivity contribution >= 4 is 17.9 Å². The summed E-state index contributed by atoms with van der Waals surface area (Å²) in [6, 6.07) is 0. The van der Waals surface area contributed by atoms with Crippen LogP contribution in [0.5, 0.6) is 0 Å². The van der Waals surface area contributed by atoms with E-state index in [2.05, 4.69) is 142 Å². The Bertz CT molecular complexity index is 1530. The van der Waals surface area contributed by atoms with Crippen LogP contribution in [0.15, 0.2) is 134 Å². The molecule has 6 heteroatoms. The van der Waals surface area contributed by atoms with Gasteiger partial charge in [0.25, 0.3) is 0 Å². The molecule has 0 aliphatic carbocycles. The van der Waals surface area contributed by atoms with Crippen LogP contribution in [0.25, 0.3) is 0 Å². The molecule has 6 nitrogen and oxygen atoms in total. The SMILES string of the molecule is CC/C=C\C/C=C\C/C=C\C/C=C\C/C=C\C/C=C\CCC(=O)OCC(COC(=O)CCCCCCC/C=C\C/C=C\CCCCCC)OC(=O)CCCCCCCCC/C=C\C/C=C\C/C=C\CC. The lowest BCUT2D eigenvalue weighted by Crippen LogP contribution is -2.30. The van der Waals surface area contributed by atoms with Crippen molar-refractivity contribution in [2.45, 2.75) is 239 Å². The van der Waals surface area contributed by atoms with E-state index in [-0.39, 0.29) is 37.5 Å². The smallest absolute Gasteiger partial charge is 0.306 e. The van der Waals surface area contributed by atoms with Crippen LogP contribution in [-0.2, 0) is 28.6 Å². The van der Waals surface area contributed by atoms with Crippen LogP contribution < -0.4 is 0 Å². The number of carbonyl (C=O) groups excluding carboxylic acids is 3. The van der Waals surface area contributed by atoms with Gasteiger partial charge in [-0.15, -0.1) is 0 Å². The van der Waals surface area contributed by atoms with E-state index in [0.29, 0.717) is 19.3 Å². The van der Waals surface area contributed by atoms with Gasteiger partial charge in [-0.05, 0) is 122 Å². The van der Waals surface area contributed by atoms with Gasteiger partial charge in [0.1, 0.15) is 13.2 Å². The number of esters is 3. The Morgan fingerprint density at radius 2 is 0.586 bits per heavy atom. The standard InChI is InChI=1S/C64H102O6/c1-4-7-10-13-16-19-22-25-28-31-32-34-36-39-42-45-48-51-54-57-63(66)69-60-61(59-68-62(65)56-53-50-47-44-41-38-35-30-27-24-21-18-15-12-9-6-3)70-64(67)58-55-52-49-46-43-40-37-33-29-26-23-20-17-14-11-8-5-2/h7-8,10-11,16-17,19-21,24-26,28-30,32,34-35,39,42,48,51,61H,4-6,9,12-15,18,22-23,27,31,33,36-38,40-41,43-47,49-50,52-60H2,1-3H3/b10-7-,11-8-,19-16-,20-17-,24-21-,28-25-,29-26-,34-32-,35-30-,42-39-,51-48-. The summed E-state index contributed by atoms with van der Waals surface area (Å²) in [6.07, 6.45) is 80.2. The van der Waals surface area contributed by atoms with Gasteiger partial charge in [0, 0.05) is 19.3 Å². The summed E-state index contributed by atoms with van der Waals surface area (Å²) in [5.74, 6) is -1.03. The quantitative estimate of drug-likeness (QED) is 0.0262. The number of hydrogen-bond acceptors (Lipinski definition) is 6. The molecule has 70 heavy (non-hydrogen) atoms. The van der Waals surface area contributed by atoms with Gasteiger partial charge in [-0.3, -0.25) is 14.4 Å². The van der Waals surface area contributed by atoms with E-state index in [9.17, 15) is 14.4 Å². The molecule has 0 saturated carbocycles. The van der Waals surface area contributed by atoms with Gasteiger partial charge >= 0.3 is 17.9 Å². The predicted molar refractivity (Wildman–Crippen MR) is 302 cm³/mol. The fraction of sp³-hybridized carbons (Fsp3) is 0.609. The van der Waals surface area contributed by atoms with Crippen molar-refractivity contribution in [3.63, 3.8) is 0 Å². The largest absolute Gasteiger partial charge is 0.462 e. The first-order chi connectivity index (χ1) is 34.5. The van der Waals surface area contributed by atoms with Gasteiger partial charge in [-0.1, -0.05) is 225 Å². The summed E-state index contributed by atoms with van der Waals surface area (Å²) in [4.78, 5) is 38.1. The highest BCUT2D eigenvalue weighted by atomic mass is 16.6. The Kier molecular flexibility index (Phi) is 53.5. The number of carbonyl (C=O) groups is 3. The monoisotopic (exact) mass is 967 g/mol. The number of ether oxygens (including phenoxy) is 3. The average molecular weight is 968 g/mol. The van der Waals surface area contributed by atoms with Gasteiger partial charge in [-0.25, -0.2) is 0 Å². The maximum atomic E-state index is 12.9. The molecule has 1 unspecified atom stereocenters. The lowest BCUT2D eigenvalue weighted by atomic mass is 10.1. The molecule has 0 radical (unpaired) electrons. The Morgan fingerprint density at radius 1 is 0.300 bits per heavy atom. The Balaban J connectivity index is 4.56. The maximum absolute atomic E-state index is 12.9. The summed E-state index contributed by atoms with van der Waals surface area (Å²) in [6.45, 7) is 6.30. The van der Waals surface area contributed by atoms with E-state index in [1.807, 2.05) is 12.2 Å². The molecule has 0 aliphatic heterocycles. The van der Waals surface area contributed by atoms with Crippen LogP contribution in [0.1, 0.15) is 233 Å². The fourth-order valence-electron chi connectivity index (χ4n) is 7.22. The number of rotatable bonds is 49. The van der Waals surface area contributed by atoms with Gasteiger partial charge in [-0.2, -0.15) is 0 Å². The third-order valence-corrected chi connectivity index (χ3v) is 11.4. The van der Waals surface area contributed by atoms with E-state index in [1.54, 1.807) is 0 Å². The van der Waals surface area contributed by atoms with E-state index >= 15 is 0 Å². The molecule has 1 atom stereocenters. The zero-order valence-corrected chi connectivity index (χ0v) is 45.0.